The zero-order valence-electron chi connectivity index (χ0n) is 17.1. The fraction of sp³-hybridized carbons (Fsp3) is 0.273. The molecule has 0 saturated carbocycles. The first-order chi connectivity index (χ1) is 15.3. The molecule has 1 aromatic carbocycles. The van der Waals surface area contributed by atoms with Crippen LogP contribution >= 0.6 is 0 Å². The smallest absolute Gasteiger partial charge is 0.226 e. The normalized spacial score (nSPS) is 15.9. The molecule has 0 fully saturated rings. The van der Waals surface area contributed by atoms with Crippen LogP contribution in [0.1, 0.15) is 31.5 Å². The molecule has 2 aromatic heterocycles. The van der Waals surface area contributed by atoms with Gasteiger partial charge >= 0.3 is 0 Å². The Balaban J connectivity index is 1.14. The molecule has 1 aliphatic heterocycles. The number of H-pyrrole nitrogens is 2. The number of nitrogens with one attached hydrogen (secondary N) is 4. The maximum absolute atomic E-state index is 5.88. The van der Waals surface area contributed by atoms with Crippen LogP contribution in [0.5, 0.6) is 0 Å². The zero-order valence-corrected chi connectivity index (χ0v) is 17.1. The molecule has 3 aromatic rings. The average molecular weight is 416 g/mol. The van der Waals surface area contributed by atoms with E-state index in [0.29, 0.717) is 12.6 Å². The highest BCUT2D eigenvalue weighted by molar-refractivity contribution is 5.82. The predicted molar refractivity (Wildman–Crippen MR) is 121 cm³/mol. The Morgan fingerprint density at radius 1 is 1.10 bits per heavy atom. The van der Waals surface area contributed by atoms with Crippen LogP contribution in [0, 0.1) is 0 Å². The van der Waals surface area contributed by atoms with Crippen molar-refractivity contribution in [3.8, 4) is 0 Å². The number of nitrogens with zero attached hydrogens (tertiary/aromatic N) is 4. The first kappa shape index (κ1) is 19.1. The fourth-order valence-corrected chi connectivity index (χ4v) is 3.55. The molecule has 0 atom stereocenters. The van der Waals surface area contributed by atoms with E-state index in [0.717, 1.165) is 71.8 Å². The SMILES string of the molecule is C1=NC(NCCOC2=CC=C(c3nnc(Nc4ccc5[nH]ncc5c4)[nH]3)CC2)=CCC1. The molecule has 9 heteroatoms. The number of anilines is 2. The number of allylic oxidation sites excluding steroid dienone is 5. The largest absolute Gasteiger partial charge is 0.496 e. The number of benzene rings is 1. The molecular formula is C22H24N8O. The van der Waals surface area contributed by atoms with Crippen molar-refractivity contribution >= 4 is 34.3 Å². The van der Waals surface area contributed by atoms with Crippen molar-refractivity contribution in [1.82, 2.24) is 30.7 Å². The minimum absolute atomic E-state index is 0.607. The first-order valence-corrected chi connectivity index (χ1v) is 10.5. The van der Waals surface area contributed by atoms with Crippen molar-refractivity contribution in [2.75, 3.05) is 18.5 Å². The quantitative estimate of drug-likeness (QED) is 0.415. The van der Waals surface area contributed by atoms with Gasteiger partial charge in [-0.15, -0.1) is 10.2 Å². The fourth-order valence-electron chi connectivity index (χ4n) is 3.55. The van der Waals surface area contributed by atoms with Gasteiger partial charge in [0.05, 0.1) is 24.0 Å². The molecule has 2 aliphatic rings. The Kier molecular flexibility index (Phi) is 5.46. The third-order valence-electron chi connectivity index (χ3n) is 5.16. The van der Waals surface area contributed by atoms with E-state index in [-0.39, 0.29) is 0 Å². The maximum atomic E-state index is 5.88. The second-order valence-corrected chi connectivity index (χ2v) is 7.40. The van der Waals surface area contributed by atoms with Crippen LogP contribution in [0.15, 0.2) is 59.2 Å². The summed E-state index contributed by atoms with van der Waals surface area (Å²) in [6, 6.07) is 5.97. The van der Waals surface area contributed by atoms with Crippen molar-refractivity contribution in [3.05, 3.63) is 60.0 Å². The molecule has 0 radical (unpaired) electrons. The van der Waals surface area contributed by atoms with Crippen molar-refractivity contribution in [1.29, 1.82) is 0 Å². The molecule has 0 unspecified atom stereocenters. The van der Waals surface area contributed by atoms with E-state index in [2.05, 4.69) is 47.1 Å². The monoisotopic (exact) mass is 416 g/mol. The maximum Gasteiger partial charge on any atom is 0.226 e. The van der Waals surface area contributed by atoms with E-state index in [1.165, 1.54) is 0 Å². The molecule has 5 rings (SSSR count). The van der Waals surface area contributed by atoms with Crippen LogP contribution in [0.2, 0.25) is 0 Å². The molecule has 9 nitrogen and oxygen atoms in total. The number of aromatic amines is 2. The number of fused-ring (bicyclic) bond motifs is 1. The number of aliphatic imine (C=N–C) groups is 1. The Bertz CT molecular complexity index is 1180. The highest BCUT2D eigenvalue weighted by Gasteiger charge is 2.13. The summed E-state index contributed by atoms with van der Waals surface area (Å²) in [6.45, 7) is 1.35. The Morgan fingerprint density at radius 3 is 2.97 bits per heavy atom. The van der Waals surface area contributed by atoms with E-state index >= 15 is 0 Å². The van der Waals surface area contributed by atoms with Gasteiger partial charge in [-0.2, -0.15) is 5.10 Å². The summed E-state index contributed by atoms with van der Waals surface area (Å²) in [5.41, 5.74) is 3.03. The van der Waals surface area contributed by atoms with Gasteiger partial charge in [-0.05, 0) is 55.2 Å². The van der Waals surface area contributed by atoms with E-state index in [1.54, 1.807) is 6.20 Å². The molecule has 0 spiro atoms. The average Bonchev–Trinajstić information content (AvgIpc) is 3.47. The molecule has 31 heavy (non-hydrogen) atoms. The summed E-state index contributed by atoms with van der Waals surface area (Å²) in [7, 11) is 0. The van der Waals surface area contributed by atoms with Gasteiger partial charge in [0.1, 0.15) is 12.4 Å². The Labute approximate surface area is 179 Å². The minimum atomic E-state index is 0.607. The summed E-state index contributed by atoms with van der Waals surface area (Å²) in [6.07, 6.45) is 13.7. The molecule has 158 valence electrons. The molecule has 4 N–H and O–H groups in total. The molecule has 0 saturated heterocycles. The van der Waals surface area contributed by atoms with Gasteiger partial charge in [0.2, 0.25) is 5.95 Å². The second-order valence-electron chi connectivity index (χ2n) is 7.40. The lowest BCUT2D eigenvalue weighted by atomic mass is 10.0. The standard InChI is InChI=1S/C22H24N8O/c1-2-10-23-20(3-1)24-11-12-31-18-7-4-15(5-8-18)21-27-22(30-29-21)26-17-6-9-19-16(13-17)14-25-28-19/h3-4,6-7,9-10,13-14,24H,1-2,5,8,11-12H2,(H,25,28)(H2,26,27,29,30). The van der Waals surface area contributed by atoms with Gasteiger partial charge in [-0.3, -0.25) is 5.10 Å². The summed E-state index contributed by atoms with van der Waals surface area (Å²) >= 11 is 0. The molecule has 1 aliphatic carbocycles. The van der Waals surface area contributed by atoms with Crippen LogP contribution in [-0.2, 0) is 4.74 Å². The number of aromatic nitrogens is 5. The van der Waals surface area contributed by atoms with Crippen molar-refractivity contribution in [2.45, 2.75) is 25.7 Å². The van der Waals surface area contributed by atoms with Gasteiger partial charge in [-0.1, -0.05) is 6.08 Å². The van der Waals surface area contributed by atoms with E-state index < -0.39 is 0 Å². The van der Waals surface area contributed by atoms with Crippen LogP contribution in [0.3, 0.4) is 0 Å². The first-order valence-electron chi connectivity index (χ1n) is 10.5. The summed E-state index contributed by atoms with van der Waals surface area (Å²) < 4.78 is 5.88. The topological polar surface area (TPSA) is 116 Å². The third-order valence-corrected chi connectivity index (χ3v) is 5.16. The summed E-state index contributed by atoms with van der Waals surface area (Å²) in [5, 5.41) is 23.1. The predicted octanol–water partition coefficient (Wildman–Crippen LogP) is 3.80. The molecule has 0 amide bonds. The van der Waals surface area contributed by atoms with Gasteiger partial charge in [-0.25, -0.2) is 4.99 Å². The summed E-state index contributed by atoms with van der Waals surface area (Å²) in [5.74, 6) is 3.30. The number of hydrogen-bond acceptors (Lipinski definition) is 7. The van der Waals surface area contributed by atoms with Gasteiger partial charge in [0.15, 0.2) is 5.82 Å². The lowest BCUT2D eigenvalue weighted by Gasteiger charge is -2.15. The van der Waals surface area contributed by atoms with Gasteiger partial charge in [0.25, 0.3) is 0 Å². The number of hydrogen-bond donors (Lipinski definition) is 4. The molecule has 3 heterocycles. The second kappa shape index (κ2) is 8.86. The van der Waals surface area contributed by atoms with Gasteiger partial charge < -0.3 is 20.4 Å². The highest BCUT2D eigenvalue weighted by atomic mass is 16.5. The van der Waals surface area contributed by atoms with Crippen molar-refractivity contribution in [3.63, 3.8) is 0 Å². The van der Waals surface area contributed by atoms with Gasteiger partial charge in [0, 0.05) is 23.7 Å². The Morgan fingerprint density at radius 2 is 2.10 bits per heavy atom. The number of rotatable bonds is 8. The lowest BCUT2D eigenvalue weighted by Crippen LogP contribution is -2.19. The van der Waals surface area contributed by atoms with Crippen molar-refractivity contribution in [2.24, 2.45) is 4.99 Å². The zero-order chi connectivity index (χ0) is 20.9. The third kappa shape index (κ3) is 4.66. The molecular weight excluding hydrogens is 392 g/mol. The lowest BCUT2D eigenvalue weighted by molar-refractivity contribution is 0.205. The van der Waals surface area contributed by atoms with Crippen LogP contribution < -0.4 is 10.6 Å². The van der Waals surface area contributed by atoms with Crippen LogP contribution in [-0.4, -0.2) is 44.7 Å². The Hall–Kier alpha value is -3.88. The highest BCUT2D eigenvalue weighted by Crippen LogP contribution is 2.26. The van der Waals surface area contributed by atoms with E-state index in [1.807, 2.05) is 36.6 Å². The number of ether oxygens (including phenoxy) is 1. The van der Waals surface area contributed by atoms with E-state index in [4.69, 9.17) is 4.74 Å². The summed E-state index contributed by atoms with van der Waals surface area (Å²) in [4.78, 5) is 7.57. The van der Waals surface area contributed by atoms with E-state index in [9.17, 15) is 0 Å². The minimum Gasteiger partial charge on any atom is -0.496 e. The van der Waals surface area contributed by atoms with Crippen molar-refractivity contribution < 1.29 is 4.74 Å². The van der Waals surface area contributed by atoms with Crippen LogP contribution in [0.25, 0.3) is 16.5 Å². The van der Waals surface area contributed by atoms with Crippen LogP contribution in [0.4, 0.5) is 11.6 Å². The molecule has 0 bridgehead atoms.